The largest absolute Gasteiger partial charge is 0.450 e. The number of carbonyl (C=O) groups is 1. The molecule has 3 nitrogen and oxygen atoms in total. The summed E-state index contributed by atoms with van der Waals surface area (Å²) in [4.78, 5) is 11.9. The molecule has 1 rings (SSSR count). The van der Waals surface area contributed by atoms with Crippen molar-refractivity contribution in [3.63, 3.8) is 0 Å². The fourth-order valence-corrected chi connectivity index (χ4v) is 2.15. The predicted octanol–water partition coefficient (Wildman–Crippen LogP) is 4.15. The molecule has 126 valence electrons. The monoisotopic (exact) mass is 327 g/mol. The van der Waals surface area contributed by atoms with Crippen LogP contribution in [0.2, 0.25) is 0 Å². The molecule has 0 heterocycles. The molecule has 0 aliphatic carbocycles. The van der Waals surface area contributed by atoms with Gasteiger partial charge in [-0.3, -0.25) is 10.5 Å². The van der Waals surface area contributed by atoms with Gasteiger partial charge in [-0.15, -0.1) is 6.58 Å². The summed E-state index contributed by atoms with van der Waals surface area (Å²) in [7, 11) is 0. The highest BCUT2D eigenvalue weighted by atomic mass is 19.4. The number of hydrogen-bond donors (Lipinski definition) is 1. The first kappa shape index (κ1) is 19.0. The minimum atomic E-state index is -4.42. The number of halogens is 3. The number of allylic oxidation sites excluding steroid dienone is 2. The second-order valence-electron chi connectivity index (χ2n) is 5.08. The number of benzene rings is 1. The van der Waals surface area contributed by atoms with Gasteiger partial charge in [0.25, 0.3) is 0 Å². The lowest BCUT2D eigenvalue weighted by Gasteiger charge is -2.17. The fourth-order valence-electron chi connectivity index (χ4n) is 2.15. The highest BCUT2D eigenvalue weighted by Crippen LogP contribution is 2.32. The van der Waals surface area contributed by atoms with Crippen LogP contribution in [0.5, 0.6) is 0 Å². The van der Waals surface area contributed by atoms with Crippen LogP contribution in [0.4, 0.5) is 13.2 Å². The average molecular weight is 327 g/mol. The first-order valence-electron chi connectivity index (χ1n) is 7.12. The Labute approximate surface area is 133 Å². The van der Waals surface area contributed by atoms with Crippen LogP contribution >= 0.6 is 0 Å². The van der Waals surface area contributed by atoms with Crippen molar-refractivity contribution in [1.82, 2.24) is 0 Å². The third-order valence-electron chi connectivity index (χ3n) is 3.37. The lowest BCUT2D eigenvalue weighted by molar-refractivity contribution is -0.148. The first-order chi connectivity index (χ1) is 10.8. The number of carbonyl (C=O) groups excluding carboxylic acids is 1. The molecule has 0 amide bonds. The minimum Gasteiger partial charge on any atom is -0.450 e. The topological polar surface area (TPSA) is 52.3 Å². The van der Waals surface area contributed by atoms with Gasteiger partial charge in [0.15, 0.2) is 0 Å². The van der Waals surface area contributed by atoms with Gasteiger partial charge in [0.2, 0.25) is 0 Å². The van der Waals surface area contributed by atoms with Gasteiger partial charge < -0.3 is 4.74 Å². The molecule has 0 aromatic heterocycles. The summed E-state index contributed by atoms with van der Waals surface area (Å²) >= 11 is 0. The molecule has 1 aromatic carbocycles. The predicted molar refractivity (Wildman–Crippen MR) is 83.2 cm³/mol. The first-order valence-corrected chi connectivity index (χ1v) is 7.12. The molecule has 0 radical (unpaired) electrons. The molecule has 0 aliphatic heterocycles. The van der Waals surface area contributed by atoms with Gasteiger partial charge in [-0.25, -0.2) is 0 Å². The van der Waals surface area contributed by atoms with Crippen LogP contribution in [-0.4, -0.2) is 12.7 Å². The summed E-state index contributed by atoms with van der Waals surface area (Å²) in [6.45, 7) is 7.16. The molecule has 0 saturated heterocycles. The molecule has 1 atom stereocenters. The zero-order valence-electron chi connectivity index (χ0n) is 12.7. The van der Waals surface area contributed by atoms with Gasteiger partial charge in [-0.05, 0) is 42.5 Å². The van der Waals surface area contributed by atoms with E-state index in [9.17, 15) is 18.0 Å². The standard InChI is InChI=1S/C17H20F3NO2/c1-3-4-6-14(16(22)23-11-21)9-12(2)13-7-5-8-15(10-13)17(18,19)20/h3,5,7-8,10,14H,1-2,4,6,9,11,21H2/t14-/m1/s1. The van der Waals surface area contributed by atoms with Crippen molar-refractivity contribution in [2.75, 3.05) is 6.73 Å². The summed E-state index contributed by atoms with van der Waals surface area (Å²) in [5, 5.41) is 0. The van der Waals surface area contributed by atoms with Crippen molar-refractivity contribution in [3.8, 4) is 0 Å². The summed E-state index contributed by atoms with van der Waals surface area (Å²) in [5.41, 5.74) is 5.24. The van der Waals surface area contributed by atoms with E-state index in [-0.39, 0.29) is 13.2 Å². The molecule has 2 N–H and O–H groups in total. The maximum atomic E-state index is 12.8. The fraction of sp³-hybridized carbons (Fsp3) is 0.353. The molecule has 6 heteroatoms. The quantitative estimate of drug-likeness (QED) is 0.443. The van der Waals surface area contributed by atoms with Crippen LogP contribution in [0.25, 0.3) is 5.57 Å². The maximum absolute atomic E-state index is 12.8. The lowest BCUT2D eigenvalue weighted by Crippen LogP contribution is -2.21. The zero-order chi connectivity index (χ0) is 17.5. The van der Waals surface area contributed by atoms with Gasteiger partial charge in [-0.2, -0.15) is 13.2 Å². The van der Waals surface area contributed by atoms with E-state index >= 15 is 0 Å². The Hall–Kier alpha value is -2.08. The number of nitrogens with two attached hydrogens (primary N) is 1. The molecule has 23 heavy (non-hydrogen) atoms. The molecule has 1 aromatic rings. The van der Waals surface area contributed by atoms with Crippen LogP contribution in [0.3, 0.4) is 0 Å². The summed E-state index contributed by atoms with van der Waals surface area (Å²) in [6.07, 6.45) is -1.50. The Morgan fingerprint density at radius 2 is 2.09 bits per heavy atom. The Kier molecular flexibility index (Phi) is 7.03. The van der Waals surface area contributed by atoms with E-state index in [1.54, 1.807) is 6.08 Å². The molecule has 0 spiro atoms. The Balaban J connectivity index is 2.89. The van der Waals surface area contributed by atoms with Gasteiger partial charge in [0.05, 0.1) is 11.5 Å². The number of hydrogen-bond acceptors (Lipinski definition) is 3. The normalized spacial score (nSPS) is 12.5. The lowest BCUT2D eigenvalue weighted by atomic mass is 9.91. The molecule has 0 aliphatic rings. The minimum absolute atomic E-state index is 0.202. The summed E-state index contributed by atoms with van der Waals surface area (Å²) in [5.74, 6) is -0.999. The van der Waals surface area contributed by atoms with Crippen LogP contribution in [0.15, 0.2) is 43.5 Å². The Bertz CT molecular complexity index is 567. The van der Waals surface area contributed by atoms with Crippen molar-refractivity contribution in [3.05, 3.63) is 54.6 Å². The molecular formula is C17H20F3NO2. The van der Waals surface area contributed by atoms with Crippen molar-refractivity contribution in [1.29, 1.82) is 0 Å². The number of alkyl halides is 3. The van der Waals surface area contributed by atoms with Crippen LogP contribution < -0.4 is 5.73 Å². The average Bonchev–Trinajstić information content (AvgIpc) is 2.50. The van der Waals surface area contributed by atoms with Crippen LogP contribution in [-0.2, 0) is 15.7 Å². The molecular weight excluding hydrogens is 307 g/mol. The third kappa shape index (κ3) is 5.90. The maximum Gasteiger partial charge on any atom is 0.416 e. The van der Waals surface area contributed by atoms with Crippen molar-refractivity contribution < 1.29 is 22.7 Å². The third-order valence-corrected chi connectivity index (χ3v) is 3.37. The van der Waals surface area contributed by atoms with Crippen LogP contribution in [0.1, 0.15) is 30.4 Å². The molecule has 0 unspecified atom stereocenters. The smallest absolute Gasteiger partial charge is 0.416 e. The van der Waals surface area contributed by atoms with Crippen molar-refractivity contribution in [2.45, 2.75) is 25.4 Å². The Morgan fingerprint density at radius 1 is 1.39 bits per heavy atom. The second-order valence-corrected chi connectivity index (χ2v) is 5.08. The molecule has 0 bridgehead atoms. The Morgan fingerprint density at radius 3 is 2.65 bits per heavy atom. The van der Waals surface area contributed by atoms with E-state index in [1.165, 1.54) is 12.1 Å². The van der Waals surface area contributed by atoms with E-state index in [4.69, 9.17) is 10.5 Å². The van der Waals surface area contributed by atoms with E-state index in [1.807, 2.05) is 0 Å². The van der Waals surface area contributed by atoms with Gasteiger partial charge in [-0.1, -0.05) is 24.8 Å². The zero-order valence-corrected chi connectivity index (χ0v) is 12.7. The van der Waals surface area contributed by atoms with E-state index in [2.05, 4.69) is 13.2 Å². The SMILES string of the molecule is C=CCC[C@H](CC(=C)c1cccc(C(F)(F)F)c1)C(=O)OCN. The second kappa shape index (κ2) is 8.53. The number of ether oxygens (including phenoxy) is 1. The van der Waals surface area contributed by atoms with E-state index < -0.39 is 23.6 Å². The highest BCUT2D eigenvalue weighted by Gasteiger charge is 2.30. The molecule has 0 saturated carbocycles. The van der Waals surface area contributed by atoms with Crippen LogP contribution in [0, 0.1) is 5.92 Å². The van der Waals surface area contributed by atoms with E-state index in [0.717, 1.165) is 12.1 Å². The van der Waals surface area contributed by atoms with E-state index in [0.29, 0.717) is 24.0 Å². The number of rotatable bonds is 8. The van der Waals surface area contributed by atoms with Crippen molar-refractivity contribution >= 4 is 11.5 Å². The summed E-state index contributed by atoms with van der Waals surface area (Å²) in [6, 6.07) is 4.88. The van der Waals surface area contributed by atoms with Gasteiger partial charge >= 0.3 is 12.1 Å². The van der Waals surface area contributed by atoms with Gasteiger partial charge in [0, 0.05) is 0 Å². The van der Waals surface area contributed by atoms with Crippen molar-refractivity contribution in [2.24, 2.45) is 11.7 Å². The summed E-state index contributed by atoms with van der Waals surface area (Å²) < 4.78 is 43.1. The number of esters is 1. The van der Waals surface area contributed by atoms with Gasteiger partial charge in [0.1, 0.15) is 6.73 Å². The molecule has 0 fully saturated rings. The highest BCUT2D eigenvalue weighted by molar-refractivity contribution is 5.76.